The number of carbonyl (C=O) groups excluding carboxylic acids is 1. The summed E-state index contributed by atoms with van der Waals surface area (Å²) in [6, 6.07) is 0. The Morgan fingerprint density at radius 2 is 2.44 bits per heavy atom. The van der Waals surface area contributed by atoms with E-state index in [0.717, 1.165) is 23.9 Å². The predicted molar refractivity (Wildman–Crippen MR) is 65.2 cm³/mol. The van der Waals surface area contributed by atoms with Gasteiger partial charge in [0, 0.05) is 24.7 Å². The highest BCUT2D eigenvalue weighted by molar-refractivity contribution is 7.98. The molecular formula is C11H18N2O2S. The Kier molecular flexibility index (Phi) is 5.38. The molecule has 0 aliphatic heterocycles. The topological polar surface area (TPSA) is 44.1 Å². The molecule has 0 fully saturated rings. The standard InChI is InChI=1S/C11H18N2O2S/c1-4-13-6-5-12-10(13)8-16-7-9(2)11(14)15-3/h5-6,9H,4,7-8H2,1-3H3. The molecule has 1 rings (SSSR count). The van der Waals surface area contributed by atoms with Crippen LogP contribution in [0.2, 0.25) is 0 Å². The number of aromatic nitrogens is 2. The zero-order valence-electron chi connectivity index (χ0n) is 9.97. The molecule has 4 nitrogen and oxygen atoms in total. The van der Waals surface area contributed by atoms with Gasteiger partial charge < -0.3 is 9.30 Å². The van der Waals surface area contributed by atoms with Crippen molar-refractivity contribution in [3.05, 3.63) is 18.2 Å². The van der Waals surface area contributed by atoms with E-state index in [0.29, 0.717) is 0 Å². The van der Waals surface area contributed by atoms with Crippen LogP contribution in [0.5, 0.6) is 0 Å². The molecule has 1 aromatic heterocycles. The molecule has 5 heteroatoms. The fourth-order valence-electron chi connectivity index (χ4n) is 1.36. The number of imidazole rings is 1. The Morgan fingerprint density at radius 3 is 3.06 bits per heavy atom. The second-order valence-corrected chi connectivity index (χ2v) is 4.60. The molecule has 0 N–H and O–H groups in total. The summed E-state index contributed by atoms with van der Waals surface area (Å²) in [5, 5.41) is 0. The summed E-state index contributed by atoms with van der Waals surface area (Å²) in [6.45, 7) is 4.90. The van der Waals surface area contributed by atoms with E-state index in [-0.39, 0.29) is 11.9 Å². The van der Waals surface area contributed by atoms with Crippen molar-refractivity contribution >= 4 is 17.7 Å². The van der Waals surface area contributed by atoms with E-state index in [1.807, 2.05) is 19.3 Å². The van der Waals surface area contributed by atoms with Crippen LogP contribution < -0.4 is 0 Å². The monoisotopic (exact) mass is 242 g/mol. The molecule has 0 bridgehead atoms. The van der Waals surface area contributed by atoms with E-state index in [1.54, 1.807) is 11.8 Å². The molecule has 90 valence electrons. The maximum atomic E-state index is 11.2. The molecule has 1 atom stereocenters. The summed E-state index contributed by atoms with van der Waals surface area (Å²) >= 11 is 1.71. The van der Waals surface area contributed by atoms with Crippen LogP contribution >= 0.6 is 11.8 Å². The minimum absolute atomic E-state index is 0.0555. The number of ether oxygens (including phenoxy) is 1. The van der Waals surface area contributed by atoms with Crippen molar-refractivity contribution in [2.24, 2.45) is 5.92 Å². The van der Waals surface area contributed by atoms with Gasteiger partial charge in [-0.15, -0.1) is 0 Å². The molecule has 0 amide bonds. The number of carbonyl (C=O) groups is 1. The quantitative estimate of drug-likeness (QED) is 0.715. The van der Waals surface area contributed by atoms with Gasteiger partial charge in [-0.1, -0.05) is 6.92 Å². The lowest BCUT2D eigenvalue weighted by molar-refractivity contribution is -0.143. The van der Waals surface area contributed by atoms with Crippen molar-refractivity contribution in [2.75, 3.05) is 12.9 Å². The first-order valence-corrected chi connectivity index (χ1v) is 6.50. The summed E-state index contributed by atoms with van der Waals surface area (Å²) in [7, 11) is 1.42. The van der Waals surface area contributed by atoms with Gasteiger partial charge in [0.15, 0.2) is 0 Å². The minimum atomic E-state index is -0.147. The zero-order chi connectivity index (χ0) is 12.0. The second kappa shape index (κ2) is 6.58. The van der Waals surface area contributed by atoms with Crippen LogP contribution in [-0.4, -0.2) is 28.4 Å². The first-order valence-electron chi connectivity index (χ1n) is 5.34. The highest BCUT2D eigenvalue weighted by atomic mass is 32.2. The van der Waals surface area contributed by atoms with E-state index in [1.165, 1.54) is 7.11 Å². The smallest absolute Gasteiger partial charge is 0.309 e. The van der Waals surface area contributed by atoms with Gasteiger partial charge in [0.25, 0.3) is 0 Å². The normalized spacial score (nSPS) is 12.4. The Balaban J connectivity index is 2.33. The van der Waals surface area contributed by atoms with Gasteiger partial charge in [0.2, 0.25) is 0 Å². The molecule has 1 unspecified atom stereocenters. The zero-order valence-corrected chi connectivity index (χ0v) is 10.8. The number of methoxy groups -OCH3 is 1. The van der Waals surface area contributed by atoms with Crippen molar-refractivity contribution < 1.29 is 9.53 Å². The SMILES string of the molecule is CCn1ccnc1CSCC(C)C(=O)OC. The van der Waals surface area contributed by atoms with Crippen LogP contribution in [-0.2, 0) is 21.8 Å². The van der Waals surface area contributed by atoms with Gasteiger partial charge in [-0.3, -0.25) is 4.79 Å². The Hall–Kier alpha value is -0.970. The summed E-state index contributed by atoms with van der Waals surface area (Å²) in [4.78, 5) is 15.4. The Labute approximate surface area is 100 Å². The van der Waals surface area contributed by atoms with Crippen LogP contribution in [0.3, 0.4) is 0 Å². The third-order valence-electron chi connectivity index (χ3n) is 2.34. The van der Waals surface area contributed by atoms with Crippen LogP contribution in [0.1, 0.15) is 19.7 Å². The number of aryl methyl sites for hydroxylation is 1. The van der Waals surface area contributed by atoms with Gasteiger partial charge in [-0.05, 0) is 6.92 Å². The molecule has 0 aromatic carbocycles. The summed E-state index contributed by atoms with van der Waals surface area (Å²) < 4.78 is 6.78. The first-order chi connectivity index (χ1) is 7.69. The third kappa shape index (κ3) is 3.56. The van der Waals surface area contributed by atoms with E-state index >= 15 is 0 Å². The lowest BCUT2D eigenvalue weighted by Crippen LogP contribution is -2.15. The third-order valence-corrected chi connectivity index (χ3v) is 3.54. The van der Waals surface area contributed by atoms with E-state index in [9.17, 15) is 4.79 Å². The largest absolute Gasteiger partial charge is 0.469 e. The fourth-order valence-corrected chi connectivity index (χ4v) is 2.39. The molecule has 0 radical (unpaired) electrons. The van der Waals surface area contributed by atoms with Crippen LogP contribution in [0.15, 0.2) is 12.4 Å². The molecule has 1 heterocycles. The van der Waals surface area contributed by atoms with Crippen molar-refractivity contribution in [3.8, 4) is 0 Å². The predicted octanol–water partition coefficient (Wildman–Crippen LogP) is 1.95. The average molecular weight is 242 g/mol. The molecule has 1 aromatic rings. The van der Waals surface area contributed by atoms with Crippen molar-refractivity contribution in [1.29, 1.82) is 0 Å². The van der Waals surface area contributed by atoms with Crippen LogP contribution in [0, 0.1) is 5.92 Å². The Morgan fingerprint density at radius 1 is 1.69 bits per heavy atom. The highest BCUT2D eigenvalue weighted by Gasteiger charge is 2.13. The number of esters is 1. The van der Waals surface area contributed by atoms with Crippen molar-refractivity contribution in [3.63, 3.8) is 0 Å². The molecule has 0 spiro atoms. The molecule has 0 aliphatic rings. The molecule has 0 saturated carbocycles. The molecule has 16 heavy (non-hydrogen) atoms. The number of hydrogen-bond donors (Lipinski definition) is 0. The first kappa shape index (κ1) is 13.1. The highest BCUT2D eigenvalue weighted by Crippen LogP contribution is 2.15. The van der Waals surface area contributed by atoms with Crippen molar-refractivity contribution in [2.45, 2.75) is 26.1 Å². The number of hydrogen-bond acceptors (Lipinski definition) is 4. The van der Waals surface area contributed by atoms with Crippen LogP contribution in [0.4, 0.5) is 0 Å². The maximum absolute atomic E-state index is 11.2. The average Bonchev–Trinajstić information content (AvgIpc) is 2.75. The maximum Gasteiger partial charge on any atom is 0.309 e. The van der Waals surface area contributed by atoms with Gasteiger partial charge in [0.1, 0.15) is 5.82 Å². The van der Waals surface area contributed by atoms with Gasteiger partial charge in [-0.2, -0.15) is 11.8 Å². The van der Waals surface area contributed by atoms with E-state index in [4.69, 9.17) is 0 Å². The molecule has 0 aliphatic carbocycles. The summed E-state index contributed by atoms with van der Waals surface area (Å²) in [5.74, 6) is 2.46. The molecule has 0 saturated heterocycles. The van der Waals surface area contributed by atoms with Gasteiger partial charge >= 0.3 is 5.97 Å². The van der Waals surface area contributed by atoms with Gasteiger partial charge in [-0.25, -0.2) is 4.98 Å². The van der Waals surface area contributed by atoms with Crippen molar-refractivity contribution in [1.82, 2.24) is 9.55 Å². The minimum Gasteiger partial charge on any atom is -0.469 e. The van der Waals surface area contributed by atoms with E-state index < -0.39 is 0 Å². The number of rotatable bonds is 6. The second-order valence-electron chi connectivity index (χ2n) is 3.57. The lowest BCUT2D eigenvalue weighted by Gasteiger charge is -2.08. The Bertz CT molecular complexity index is 338. The number of nitrogens with zero attached hydrogens (tertiary/aromatic N) is 2. The van der Waals surface area contributed by atoms with Crippen LogP contribution in [0.25, 0.3) is 0 Å². The number of thioether (sulfide) groups is 1. The van der Waals surface area contributed by atoms with E-state index in [2.05, 4.69) is 21.2 Å². The summed E-state index contributed by atoms with van der Waals surface area (Å²) in [5.41, 5.74) is 0. The summed E-state index contributed by atoms with van der Waals surface area (Å²) in [6.07, 6.45) is 3.78. The molecular weight excluding hydrogens is 224 g/mol. The van der Waals surface area contributed by atoms with Gasteiger partial charge in [0.05, 0.1) is 18.8 Å². The fraction of sp³-hybridized carbons (Fsp3) is 0.636. The lowest BCUT2D eigenvalue weighted by atomic mass is 10.2.